The number of hydrogen-bond acceptors (Lipinski definition) is 4. The molecule has 9 heteroatoms. The molecule has 3 rings (SSSR count). The molecule has 0 unspecified atom stereocenters. The molecule has 2 aromatic rings. The molecule has 0 atom stereocenters. The van der Waals surface area contributed by atoms with Crippen LogP contribution in [0.25, 0.3) is 0 Å². The van der Waals surface area contributed by atoms with Crippen molar-refractivity contribution in [2.24, 2.45) is 0 Å². The Morgan fingerprint density at radius 3 is 2.68 bits per heavy atom. The lowest BCUT2D eigenvalue weighted by molar-refractivity contribution is 0.181. The fraction of sp³-hybridized carbons (Fsp3) is 0.188. The minimum absolute atomic E-state index is 0.109. The number of carbonyl (C=O) groups excluding carboxylic acids is 1. The Hall–Kier alpha value is -1.42. The maximum absolute atomic E-state index is 12.5. The van der Waals surface area contributed by atoms with Crippen LogP contribution in [0.15, 0.2) is 56.3 Å². The van der Waals surface area contributed by atoms with E-state index in [2.05, 4.69) is 36.6 Å². The average Bonchev–Trinajstić information content (AvgIpc) is 3.01. The van der Waals surface area contributed by atoms with Gasteiger partial charge in [-0.1, -0.05) is 28.1 Å². The van der Waals surface area contributed by atoms with E-state index >= 15 is 0 Å². The second-order valence-electron chi connectivity index (χ2n) is 5.34. The summed E-state index contributed by atoms with van der Waals surface area (Å²) in [4.78, 5) is 13.3. The summed E-state index contributed by atoms with van der Waals surface area (Å²) in [5.74, 6) is 0. The van der Waals surface area contributed by atoms with Crippen molar-refractivity contribution < 1.29 is 17.9 Å². The van der Waals surface area contributed by atoms with Crippen LogP contribution in [-0.2, 0) is 21.3 Å². The standard InChI is InChI=1S/C16H14Br2N2O4S/c17-12-4-5-14(18)15(9-12)25(22,23)19-10-11-2-1-3-13(8-11)20-6-7-24-16(20)21/h1-5,8-9,19H,6-7,10H2. The molecule has 1 fully saturated rings. The molecule has 0 saturated carbocycles. The zero-order valence-electron chi connectivity index (χ0n) is 12.9. The van der Waals surface area contributed by atoms with E-state index in [1.54, 1.807) is 36.4 Å². The predicted molar refractivity (Wildman–Crippen MR) is 101 cm³/mol. The first-order chi connectivity index (χ1) is 11.9. The molecule has 1 heterocycles. The molecule has 1 N–H and O–H groups in total. The van der Waals surface area contributed by atoms with Gasteiger partial charge < -0.3 is 4.74 Å². The Labute approximate surface area is 162 Å². The first kappa shape index (κ1) is 18.4. The number of hydrogen-bond donors (Lipinski definition) is 1. The number of nitrogens with one attached hydrogen (secondary N) is 1. The molecular weight excluding hydrogens is 476 g/mol. The fourth-order valence-corrected chi connectivity index (χ4v) is 4.92. The third kappa shape index (κ3) is 4.22. The quantitative estimate of drug-likeness (QED) is 0.695. The number of halogens is 2. The highest BCUT2D eigenvalue weighted by atomic mass is 79.9. The summed E-state index contributed by atoms with van der Waals surface area (Å²) < 4.78 is 33.7. The van der Waals surface area contributed by atoms with Crippen LogP contribution in [0.2, 0.25) is 0 Å². The van der Waals surface area contributed by atoms with Crippen LogP contribution in [0.4, 0.5) is 10.5 Å². The van der Waals surface area contributed by atoms with E-state index in [-0.39, 0.29) is 11.4 Å². The van der Waals surface area contributed by atoms with Crippen molar-refractivity contribution in [2.45, 2.75) is 11.4 Å². The molecule has 1 aliphatic rings. The van der Waals surface area contributed by atoms with Crippen molar-refractivity contribution >= 4 is 53.7 Å². The van der Waals surface area contributed by atoms with Crippen molar-refractivity contribution in [1.29, 1.82) is 0 Å². The van der Waals surface area contributed by atoms with Gasteiger partial charge in [-0.25, -0.2) is 17.9 Å². The van der Waals surface area contributed by atoms with Gasteiger partial charge in [0.15, 0.2) is 0 Å². The number of sulfonamides is 1. The van der Waals surface area contributed by atoms with Gasteiger partial charge in [0.2, 0.25) is 10.0 Å². The lowest BCUT2D eigenvalue weighted by Gasteiger charge is -2.14. The summed E-state index contributed by atoms with van der Waals surface area (Å²) in [5.41, 5.74) is 1.43. The van der Waals surface area contributed by atoms with Crippen LogP contribution in [0.3, 0.4) is 0 Å². The molecular formula is C16H14Br2N2O4S. The highest BCUT2D eigenvalue weighted by molar-refractivity contribution is 9.11. The molecule has 0 spiro atoms. The maximum Gasteiger partial charge on any atom is 0.414 e. The molecule has 1 amide bonds. The highest BCUT2D eigenvalue weighted by Gasteiger charge is 2.24. The molecule has 132 valence electrons. The topological polar surface area (TPSA) is 75.7 Å². The first-order valence-corrected chi connectivity index (χ1v) is 10.4. The van der Waals surface area contributed by atoms with E-state index in [4.69, 9.17) is 4.74 Å². The molecule has 0 radical (unpaired) electrons. The lowest BCUT2D eigenvalue weighted by Crippen LogP contribution is -2.25. The summed E-state index contributed by atoms with van der Waals surface area (Å²) in [5, 5.41) is 0. The summed E-state index contributed by atoms with van der Waals surface area (Å²) in [6.07, 6.45) is -0.393. The van der Waals surface area contributed by atoms with Crippen LogP contribution in [-0.4, -0.2) is 27.7 Å². The van der Waals surface area contributed by atoms with Crippen molar-refractivity contribution in [1.82, 2.24) is 4.72 Å². The number of anilines is 1. The van der Waals surface area contributed by atoms with Crippen LogP contribution in [0.1, 0.15) is 5.56 Å². The van der Waals surface area contributed by atoms with E-state index in [1.807, 2.05) is 0 Å². The van der Waals surface area contributed by atoms with Crippen molar-refractivity contribution in [2.75, 3.05) is 18.1 Å². The molecule has 25 heavy (non-hydrogen) atoms. The second kappa shape index (κ2) is 7.45. The van der Waals surface area contributed by atoms with Gasteiger partial charge in [-0.05, 0) is 51.8 Å². The van der Waals surface area contributed by atoms with E-state index in [9.17, 15) is 13.2 Å². The average molecular weight is 490 g/mol. The van der Waals surface area contributed by atoms with Gasteiger partial charge in [-0.15, -0.1) is 0 Å². The van der Waals surface area contributed by atoms with Crippen LogP contribution >= 0.6 is 31.9 Å². The Bertz CT molecular complexity index is 918. The molecule has 2 aromatic carbocycles. The van der Waals surface area contributed by atoms with Crippen LogP contribution in [0.5, 0.6) is 0 Å². The van der Waals surface area contributed by atoms with Gasteiger partial charge in [0.05, 0.1) is 11.4 Å². The Kier molecular flexibility index (Phi) is 5.47. The predicted octanol–water partition coefficient (Wildman–Crippen LogP) is 3.65. The fourth-order valence-electron chi connectivity index (χ4n) is 2.40. The van der Waals surface area contributed by atoms with Gasteiger partial charge in [0.1, 0.15) is 6.61 Å². The lowest BCUT2D eigenvalue weighted by atomic mass is 10.2. The van der Waals surface area contributed by atoms with Gasteiger partial charge in [-0.3, -0.25) is 4.90 Å². The SMILES string of the molecule is O=C1OCCN1c1cccc(CNS(=O)(=O)c2cc(Br)ccc2Br)c1. The van der Waals surface area contributed by atoms with Crippen LogP contribution < -0.4 is 9.62 Å². The highest BCUT2D eigenvalue weighted by Crippen LogP contribution is 2.26. The third-order valence-electron chi connectivity index (χ3n) is 3.63. The number of nitrogens with zero attached hydrogens (tertiary/aromatic N) is 1. The summed E-state index contributed by atoms with van der Waals surface area (Å²) in [6, 6.07) is 12.1. The van der Waals surface area contributed by atoms with E-state index < -0.39 is 16.1 Å². The molecule has 0 aliphatic carbocycles. The number of carbonyl (C=O) groups is 1. The van der Waals surface area contributed by atoms with Crippen molar-refractivity contribution in [3.05, 3.63) is 57.0 Å². The number of benzene rings is 2. The zero-order valence-corrected chi connectivity index (χ0v) is 16.9. The third-order valence-corrected chi connectivity index (χ3v) is 6.52. The summed E-state index contributed by atoms with van der Waals surface area (Å²) in [7, 11) is -3.69. The summed E-state index contributed by atoms with van der Waals surface area (Å²) in [6.45, 7) is 0.948. The molecule has 1 aliphatic heterocycles. The Morgan fingerprint density at radius 1 is 1.16 bits per heavy atom. The van der Waals surface area contributed by atoms with E-state index in [1.165, 1.54) is 11.0 Å². The normalized spacial score (nSPS) is 14.6. The Morgan fingerprint density at radius 2 is 1.96 bits per heavy atom. The number of rotatable bonds is 5. The zero-order chi connectivity index (χ0) is 18.0. The number of amides is 1. The van der Waals surface area contributed by atoms with Gasteiger partial charge >= 0.3 is 6.09 Å². The number of ether oxygens (including phenoxy) is 1. The minimum atomic E-state index is -3.69. The maximum atomic E-state index is 12.5. The van der Waals surface area contributed by atoms with E-state index in [0.717, 1.165) is 5.56 Å². The molecule has 6 nitrogen and oxygen atoms in total. The van der Waals surface area contributed by atoms with Gasteiger partial charge in [-0.2, -0.15) is 0 Å². The second-order valence-corrected chi connectivity index (χ2v) is 8.84. The van der Waals surface area contributed by atoms with Crippen molar-refractivity contribution in [3.8, 4) is 0 Å². The van der Waals surface area contributed by atoms with Gasteiger partial charge in [0, 0.05) is 21.2 Å². The van der Waals surface area contributed by atoms with Crippen LogP contribution in [0, 0.1) is 0 Å². The summed E-state index contributed by atoms with van der Waals surface area (Å²) >= 11 is 6.53. The molecule has 0 aromatic heterocycles. The molecule has 1 saturated heterocycles. The minimum Gasteiger partial charge on any atom is -0.447 e. The largest absolute Gasteiger partial charge is 0.447 e. The first-order valence-electron chi connectivity index (χ1n) is 7.35. The smallest absolute Gasteiger partial charge is 0.414 e. The van der Waals surface area contributed by atoms with Gasteiger partial charge in [0.25, 0.3) is 0 Å². The Balaban J connectivity index is 1.77. The van der Waals surface area contributed by atoms with E-state index in [0.29, 0.717) is 27.8 Å². The molecule has 0 bridgehead atoms. The monoisotopic (exact) mass is 488 g/mol. The van der Waals surface area contributed by atoms with Crippen molar-refractivity contribution in [3.63, 3.8) is 0 Å². The number of cyclic esters (lactones) is 1.